The molecule has 2 fully saturated rings. The molecule has 1 aromatic rings. The van der Waals surface area contributed by atoms with E-state index in [0.29, 0.717) is 18.0 Å². The summed E-state index contributed by atoms with van der Waals surface area (Å²) in [6.45, 7) is 12.3. The first-order valence-electron chi connectivity index (χ1n) is 9.97. The highest BCUT2D eigenvalue weighted by Crippen LogP contribution is 2.24. The Bertz CT molecular complexity index is 593. The van der Waals surface area contributed by atoms with Crippen molar-refractivity contribution in [1.82, 2.24) is 20.5 Å². The first-order valence-corrected chi connectivity index (χ1v) is 10.9. The van der Waals surface area contributed by atoms with Crippen molar-refractivity contribution in [2.75, 3.05) is 44.7 Å². The van der Waals surface area contributed by atoms with Gasteiger partial charge in [0.05, 0.1) is 5.69 Å². The zero-order valence-corrected chi connectivity index (χ0v) is 17.5. The number of aliphatic imine (C=N–C) groups is 1. The SMILES string of the molecule is CN=C(NCCc1csc(N2CCCC2)n1)NC1CN(C(C)C)CC1C. The lowest BCUT2D eigenvalue weighted by atomic mass is 10.1. The molecule has 2 unspecified atom stereocenters. The molecule has 0 saturated carbocycles. The molecule has 0 bridgehead atoms. The number of aromatic nitrogens is 1. The molecule has 146 valence electrons. The molecule has 7 heteroatoms. The second-order valence-electron chi connectivity index (χ2n) is 7.84. The highest BCUT2D eigenvalue weighted by Gasteiger charge is 2.31. The molecule has 6 nitrogen and oxygen atoms in total. The minimum absolute atomic E-state index is 0.463. The van der Waals surface area contributed by atoms with Crippen LogP contribution in [0.2, 0.25) is 0 Å². The van der Waals surface area contributed by atoms with Crippen molar-refractivity contribution >= 4 is 22.4 Å². The van der Waals surface area contributed by atoms with Gasteiger partial charge in [0, 0.05) is 63.7 Å². The van der Waals surface area contributed by atoms with Crippen LogP contribution in [0.4, 0.5) is 5.13 Å². The van der Waals surface area contributed by atoms with Crippen molar-refractivity contribution in [2.45, 2.75) is 52.1 Å². The van der Waals surface area contributed by atoms with E-state index in [9.17, 15) is 0 Å². The molecule has 26 heavy (non-hydrogen) atoms. The van der Waals surface area contributed by atoms with Crippen molar-refractivity contribution in [2.24, 2.45) is 10.9 Å². The lowest BCUT2D eigenvalue weighted by Crippen LogP contribution is -2.47. The van der Waals surface area contributed by atoms with Gasteiger partial charge in [0.25, 0.3) is 0 Å². The molecule has 1 aromatic heterocycles. The molecular formula is C19H34N6S. The van der Waals surface area contributed by atoms with Crippen LogP contribution in [0.1, 0.15) is 39.3 Å². The summed E-state index contributed by atoms with van der Waals surface area (Å²) in [5.41, 5.74) is 1.18. The highest BCUT2D eigenvalue weighted by atomic mass is 32.1. The van der Waals surface area contributed by atoms with Crippen LogP contribution in [-0.4, -0.2) is 67.7 Å². The summed E-state index contributed by atoms with van der Waals surface area (Å²) >= 11 is 1.78. The second-order valence-corrected chi connectivity index (χ2v) is 8.68. The fraction of sp³-hybridized carbons (Fsp3) is 0.789. The van der Waals surface area contributed by atoms with Gasteiger partial charge in [-0.25, -0.2) is 4.98 Å². The van der Waals surface area contributed by atoms with Crippen LogP contribution in [0, 0.1) is 5.92 Å². The summed E-state index contributed by atoms with van der Waals surface area (Å²) in [6.07, 6.45) is 3.53. The molecule has 2 saturated heterocycles. The number of guanidine groups is 1. The number of anilines is 1. The van der Waals surface area contributed by atoms with E-state index in [1.54, 1.807) is 11.3 Å². The summed E-state index contributed by atoms with van der Waals surface area (Å²) in [5, 5.41) is 10.5. The van der Waals surface area contributed by atoms with Gasteiger partial charge in [-0.05, 0) is 32.6 Å². The van der Waals surface area contributed by atoms with Crippen molar-refractivity contribution in [3.05, 3.63) is 11.1 Å². The topological polar surface area (TPSA) is 55.8 Å². The van der Waals surface area contributed by atoms with E-state index in [4.69, 9.17) is 4.98 Å². The van der Waals surface area contributed by atoms with Gasteiger partial charge in [-0.1, -0.05) is 6.92 Å². The molecule has 0 amide bonds. The maximum Gasteiger partial charge on any atom is 0.191 e. The van der Waals surface area contributed by atoms with Crippen LogP contribution < -0.4 is 15.5 Å². The monoisotopic (exact) mass is 378 g/mol. The fourth-order valence-electron chi connectivity index (χ4n) is 3.76. The standard InChI is InChI=1S/C19H34N6S/c1-14(2)25-11-15(3)17(12-25)23-18(20-4)21-8-7-16-13-26-19(22-16)24-9-5-6-10-24/h13-15,17H,5-12H2,1-4H3,(H2,20,21,23). The Morgan fingerprint density at radius 1 is 1.35 bits per heavy atom. The summed E-state index contributed by atoms with van der Waals surface area (Å²) in [4.78, 5) is 14.1. The Balaban J connectivity index is 1.43. The number of rotatable bonds is 6. The number of thiazole rings is 1. The predicted molar refractivity (Wildman–Crippen MR) is 111 cm³/mol. The zero-order chi connectivity index (χ0) is 18.5. The van der Waals surface area contributed by atoms with Gasteiger partial charge in [0.2, 0.25) is 0 Å². The molecule has 3 rings (SSSR count). The molecule has 2 atom stereocenters. The molecule has 2 aliphatic heterocycles. The van der Waals surface area contributed by atoms with Crippen LogP contribution in [-0.2, 0) is 6.42 Å². The van der Waals surface area contributed by atoms with Crippen molar-refractivity contribution in [3.63, 3.8) is 0 Å². The van der Waals surface area contributed by atoms with Crippen LogP contribution in [0.5, 0.6) is 0 Å². The van der Waals surface area contributed by atoms with Gasteiger partial charge >= 0.3 is 0 Å². The minimum atomic E-state index is 0.463. The first-order chi connectivity index (χ1) is 12.6. The normalized spacial score (nSPS) is 24.7. The molecular weight excluding hydrogens is 344 g/mol. The van der Waals surface area contributed by atoms with Crippen LogP contribution in [0.25, 0.3) is 0 Å². The summed E-state index contributed by atoms with van der Waals surface area (Å²) < 4.78 is 0. The van der Waals surface area contributed by atoms with E-state index in [0.717, 1.165) is 45.1 Å². The lowest BCUT2D eigenvalue weighted by molar-refractivity contribution is 0.265. The molecule has 0 aromatic carbocycles. The Kier molecular flexibility index (Phi) is 6.75. The largest absolute Gasteiger partial charge is 0.356 e. The van der Waals surface area contributed by atoms with Crippen molar-refractivity contribution in [3.8, 4) is 0 Å². The zero-order valence-electron chi connectivity index (χ0n) is 16.7. The van der Waals surface area contributed by atoms with Crippen LogP contribution in [0.15, 0.2) is 10.4 Å². The maximum atomic E-state index is 4.80. The lowest BCUT2D eigenvalue weighted by Gasteiger charge is -2.21. The summed E-state index contributed by atoms with van der Waals surface area (Å²) in [6, 6.07) is 1.07. The maximum absolute atomic E-state index is 4.80. The van der Waals surface area contributed by atoms with Crippen molar-refractivity contribution in [1.29, 1.82) is 0 Å². The Morgan fingerprint density at radius 3 is 2.77 bits per heavy atom. The fourth-order valence-corrected chi connectivity index (χ4v) is 4.67. The van der Waals surface area contributed by atoms with Gasteiger partial charge in [0.15, 0.2) is 11.1 Å². The van der Waals surface area contributed by atoms with E-state index >= 15 is 0 Å². The third-order valence-corrected chi connectivity index (χ3v) is 6.46. The second kappa shape index (κ2) is 9.04. The molecule has 0 spiro atoms. The van der Waals surface area contributed by atoms with Crippen LogP contribution >= 0.6 is 11.3 Å². The van der Waals surface area contributed by atoms with Crippen LogP contribution in [0.3, 0.4) is 0 Å². The Hall–Kier alpha value is -1.34. The number of nitrogens with one attached hydrogen (secondary N) is 2. The average molecular weight is 379 g/mol. The van der Waals surface area contributed by atoms with E-state index in [1.165, 1.54) is 23.7 Å². The van der Waals surface area contributed by atoms with Gasteiger partial charge in [0.1, 0.15) is 0 Å². The molecule has 0 radical (unpaired) electrons. The van der Waals surface area contributed by atoms with Gasteiger partial charge in [-0.15, -0.1) is 11.3 Å². The van der Waals surface area contributed by atoms with E-state index < -0.39 is 0 Å². The molecule has 2 aliphatic rings. The quantitative estimate of drug-likeness (QED) is 0.587. The molecule has 0 aliphatic carbocycles. The van der Waals surface area contributed by atoms with Gasteiger partial charge in [-0.3, -0.25) is 9.89 Å². The number of likely N-dealkylation sites (tertiary alicyclic amines) is 1. The Morgan fingerprint density at radius 2 is 2.12 bits per heavy atom. The smallest absolute Gasteiger partial charge is 0.191 e. The molecule has 3 heterocycles. The first kappa shape index (κ1) is 19.4. The summed E-state index contributed by atoms with van der Waals surface area (Å²) in [7, 11) is 1.85. The number of nitrogens with zero attached hydrogens (tertiary/aromatic N) is 4. The van der Waals surface area contributed by atoms with Gasteiger partial charge < -0.3 is 15.5 Å². The van der Waals surface area contributed by atoms with E-state index in [2.05, 4.69) is 51.6 Å². The third kappa shape index (κ3) is 4.88. The third-order valence-electron chi connectivity index (χ3n) is 5.51. The highest BCUT2D eigenvalue weighted by molar-refractivity contribution is 7.13. The molecule has 2 N–H and O–H groups in total. The van der Waals surface area contributed by atoms with Gasteiger partial charge in [-0.2, -0.15) is 0 Å². The number of hydrogen-bond acceptors (Lipinski definition) is 5. The minimum Gasteiger partial charge on any atom is -0.356 e. The van der Waals surface area contributed by atoms with E-state index in [-0.39, 0.29) is 0 Å². The Labute approximate surface area is 162 Å². The van der Waals surface area contributed by atoms with Crippen molar-refractivity contribution < 1.29 is 0 Å². The summed E-state index contributed by atoms with van der Waals surface area (Å²) in [5.74, 6) is 1.54. The average Bonchev–Trinajstić information content (AvgIpc) is 3.34. The number of hydrogen-bond donors (Lipinski definition) is 2. The van der Waals surface area contributed by atoms with E-state index in [1.807, 2.05) is 7.05 Å². The predicted octanol–water partition coefficient (Wildman–Crippen LogP) is 2.18.